The van der Waals surface area contributed by atoms with E-state index in [2.05, 4.69) is 6.58 Å². The van der Waals surface area contributed by atoms with Crippen molar-refractivity contribution < 1.29 is 79.3 Å². The second-order valence-electron chi connectivity index (χ2n) is 12.5. The molecule has 0 aliphatic carbocycles. The molecule has 16 heteroatoms. The number of aliphatic hydroxyl groups is 9. The highest BCUT2D eigenvalue weighted by Crippen LogP contribution is 2.24. The largest absolute Gasteiger partial charge is 0.462 e. The van der Waals surface area contributed by atoms with Crippen LogP contribution in [0.1, 0.15) is 58.3 Å². The Labute approximate surface area is 278 Å². The fraction of sp³-hybridized carbons (Fsp3) is 0.656. The van der Waals surface area contributed by atoms with Crippen molar-refractivity contribution in [3.63, 3.8) is 0 Å². The van der Waals surface area contributed by atoms with Gasteiger partial charge >= 0.3 is 11.9 Å². The molecular weight excluding hydrogens is 640 g/mol. The van der Waals surface area contributed by atoms with E-state index in [1.165, 1.54) is 20.8 Å². The summed E-state index contributed by atoms with van der Waals surface area (Å²) >= 11 is 0. The molecule has 0 amide bonds. The van der Waals surface area contributed by atoms with Gasteiger partial charge in [-0.2, -0.15) is 0 Å². The minimum atomic E-state index is -1.64. The van der Waals surface area contributed by atoms with Gasteiger partial charge in [-0.1, -0.05) is 43.8 Å². The topological polar surface area (TPSA) is 270 Å². The zero-order chi connectivity index (χ0) is 37.1. The van der Waals surface area contributed by atoms with E-state index < -0.39 is 84.4 Å². The Balaban J connectivity index is 0.000000369. The molecule has 4 unspecified atom stereocenters. The summed E-state index contributed by atoms with van der Waals surface area (Å²) in [6, 6.07) is 8.78. The number of carbonyl (C=O) groups is 3. The summed E-state index contributed by atoms with van der Waals surface area (Å²) in [5.74, 6) is -1.38. The number of carbonyl (C=O) groups excluding carboxylic acids is 3. The molecular formula is C32H50O16. The Kier molecular flexibility index (Phi) is 16.9. The van der Waals surface area contributed by atoms with E-state index in [9.17, 15) is 60.3 Å². The molecule has 10 atom stereocenters. The first-order valence-corrected chi connectivity index (χ1v) is 15.1. The Morgan fingerprint density at radius 2 is 1.15 bits per heavy atom. The van der Waals surface area contributed by atoms with Crippen molar-refractivity contribution in [2.24, 2.45) is 5.41 Å². The van der Waals surface area contributed by atoms with Crippen LogP contribution in [-0.4, -0.2) is 144 Å². The first-order chi connectivity index (χ1) is 22.1. The van der Waals surface area contributed by atoms with Gasteiger partial charge in [0, 0.05) is 11.1 Å². The van der Waals surface area contributed by atoms with Gasteiger partial charge in [-0.25, -0.2) is 4.79 Å². The van der Waals surface area contributed by atoms with Crippen LogP contribution in [0.15, 0.2) is 42.5 Å². The molecule has 2 aliphatic heterocycles. The number of hydrogen-bond donors (Lipinski definition) is 9. The highest BCUT2D eigenvalue weighted by Gasteiger charge is 2.44. The van der Waals surface area contributed by atoms with Crippen LogP contribution in [0.3, 0.4) is 0 Å². The first-order valence-electron chi connectivity index (χ1n) is 15.1. The highest BCUT2D eigenvalue weighted by molar-refractivity contribution is 6.01. The maximum Gasteiger partial charge on any atom is 0.333 e. The Morgan fingerprint density at radius 1 is 0.729 bits per heavy atom. The van der Waals surface area contributed by atoms with Crippen LogP contribution in [0.2, 0.25) is 0 Å². The second-order valence-corrected chi connectivity index (χ2v) is 12.5. The van der Waals surface area contributed by atoms with Crippen LogP contribution < -0.4 is 0 Å². The fourth-order valence-corrected chi connectivity index (χ4v) is 3.86. The van der Waals surface area contributed by atoms with E-state index in [-0.39, 0.29) is 24.6 Å². The van der Waals surface area contributed by atoms with Crippen molar-refractivity contribution in [2.45, 2.75) is 115 Å². The van der Waals surface area contributed by atoms with Crippen LogP contribution in [0.4, 0.5) is 0 Å². The minimum Gasteiger partial charge on any atom is -0.462 e. The van der Waals surface area contributed by atoms with Gasteiger partial charge in [-0.3, -0.25) is 9.59 Å². The molecule has 0 saturated carbocycles. The summed E-state index contributed by atoms with van der Waals surface area (Å²) in [5, 5.41) is 84.4. The van der Waals surface area contributed by atoms with Crippen molar-refractivity contribution in [1.82, 2.24) is 0 Å². The van der Waals surface area contributed by atoms with Gasteiger partial charge in [0.2, 0.25) is 0 Å². The Bertz CT molecular complexity index is 1180. The first kappa shape index (κ1) is 43.2. The highest BCUT2D eigenvalue weighted by atomic mass is 16.7. The number of hydrogen-bond acceptors (Lipinski definition) is 16. The molecule has 48 heavy (non-hydrogen) atoms. The molecule has 0 aromatic heterocycles. The van der Waals surface area contributed by atoms with E-state index in [1.807, 2.05) is 13.0 Å². The number of rotatable bonds is 9. The van der Waals surface area contributed by atoms with Crippen molar-refractivity contribution in [3.8, 4) is 0 Å². The molecule has 2 saturated heterocycles. The van der Waals surface area contributed by atoms with Crippen LogP contribution >= 0.6 is 0 Å². The predicted molar refractivity (Wildman–Crippen MR) is 166 cm³/mol. The molecule has 0 bridgehead atoms. The summed E-state index contributed by atoms with van der Waals surface area (Å²) in [4.78, 5) is 34.2. The van der Waals surface area contributed by atoms with Gasteiger partial charge in [-0.15, -0.1) is 0 Å². The van der Waals surface area contributed by atoms with Gasteiger partial charge in [0.1, 0.15) is 67.6 Å². The molecule has 3 rings (SSSR count). The van der Waals surface area contributed by atoms with E-state index in [0.29, 0.717) is 12.0 Å². The summed E-state index contributed by atoms with van der Waals surface area (Å²) in [6.45, 7) is 12.4. The second kappa shape index (κ2) is 18.8. The molecule has 1 aromatic carbocycles. The number of Topliss-reactive ketones (excluding diaryl/α,β-unsaturated/α-hetero) is 1. The normalized spacial score (nSPS) is 30.4. The SMILES string of the molecule is C=C(C)C(=O)OCC1O[C@@H](O)C(O)[C@@H](O)[C@@H]1O.CC(C)(O)C(=O)c1ccccc1.CCC(C)(C)C(=O)OCC1O[C@@H](O)C(O)[C@@H](O)[C@@H]1O. The summed E-state index contributed by atoms with van der Waals surface area (Å²) in [7, 11) is 0. The van der Waals surface area contributed by atoms with E-state index >= 15 is 0 Å². The number of ketones is 1. The van der Waals surface area contributed by atoms with Crippen LogP contribution in [0, 0.1) is 5.41 Å². The molecule has 2 fully saturated rings. The van der Waals surface area contributed by atoms with E-state index in [1.54, 1.807) is 38.1 Å². The number of aliphatic hydroxyl groups excluding tert-OH is 8. The quantitative estimate of drug-likeness (QED) is 0.0795. The van der Waals surface area contributed by atoms with Crippen molar-refractivity contribution >= 4 is 17.7 Å². The van der Waals surface area contributed by atoms with Gasteiger partial charge in [0.05, 0.1) is 5.41 Å². The lowest BCUT2D eigenvalue weighted by atomic mass is 9.90. The molecule has 0 radical (unpaired) electrons. The van der Waals surface area contributed by atoms with Crippen molar-refractivity contribution in [1.29, 1.82) is 0 Å². The van der Waals surface area contributed by atoms with Crippen LogP contribution in [0.25, 0.3) is 0 Å². The zero-order valence-electron chi connectivity index (χ0n) is 27.9. The van der Waals surface area contributed by atoms with Crippen LogP contribution in [0.5, 0.6) is 0 Å². The standard InChI is InChI=1S/C12H22O7.C10H16O7.C10H12O2/c1-4-12(2,3)11(17)18-5-6-7(13)8(14)9(15)10(16)19-6;1-4(2)9(14)16-3-5-6(11)7(12)8(13)10(15)17-5;1-10(2,12)9(11)8-6-4-3-5-7-8/h6-10,13-16H,4-5H2,1-3H3;5-8,10-13,15H,1,3H2,2H3;3-7,12H,1-2H3/t6?,7-,8+,9?,10-;5?,6-,7+,8?,10-;/m11./s1. The van der Waals surface area contributed by atoms with Crippen molar-refractivity contribution in [2.75, 3.05) is 13.2 Å². The molecule has 274 valence electrons. The maximum atomic E-state index is 11.7. The van der Waals surface area contributed by atoms with Gasteiger partial charge in [0.25, 0.3) is 0 Å². The third-order valence-corrected chi connectivity index (χ3v) is 7.51. The zero-order valence-corrected chi connectivity index (χ0v) is 27.9. The lowest BCUT2D eigenvalue weighted by Gasteiger charge is -2.38. The number of benzene rings is 1. The van der Waals surface area contributed by atoms with Gasteiger partial charge < -0.3 is 64.9 Å². The molecule has 2 heterocycles. The van der Waals surface area contributed by atoms with Gasteiger partial charge in [-0.05, 0) is 41.0 Å². The smallest absolute Gasteiger partial charge is 0.333 e. The van der Waals surface area contributed by atoms with E-state index in [4.69, 9.17) is 18.9 Å². The Hall–Kier alpha value is -2.87. The van der Waals surface area contributed by atoms with Crippen molar-refractivity contribution in [3.05, 3.63) is 48.0 Å². The number of esters is 2. The summed E-state index contributed by atoms with van der Waals surface area (Å²) < 4.78 is 19.4. The third-order valence-electron chi connectivity index (χ3n) is 7.51. The van der Waals surface area contributed by atoms with E-state index in [0.717, 1.165) is 0 Å². The lowest BCUT2D eigenvalue weighted by molar-refractivity contribution is -0.287. The average molecular weight is 691 g/mol. The maximum absolute atomic E-state index is 11.7. The monoisotopic (exact) mass is 690 g/mol. The van der Waals surface area contributed by atoms with Gasteiger partial charge in [0.15, 0.2) is 18.4 Å². The lowest BCUT2D eigenvalue weighted by Crippen LogP contribution is -2.58. The molecule has 2 aliphatic rings. The summed E-state index contributed by atoms with van der Waals surface area (Å²) in [5.41, 5.74) is -1.21. The molecule has 0 spiro atoms. The Morgan fingerprint density at radius 3 is 1.52 bits per heavy atom. The molecule has 9 N–H and O–H groups in total. The fourth-order valence-electron chi connectivity index (χ4n) is 3.86. The molecule has 16 nitrogen and oxygen atoms in total. The number of ether oxygens (including phenoxy) is 4. The average Bonchev–Trinajstić information content (AvgIpc) is 3.04. The molecule has 1 aromatic rings. The minimum absolute atomic E-state index is 0.177. The third kappa shape index (κ3) is 12.5. The predicted octanol–water partition coefficient (Wildman–Crippen LogP) is -1.69. The van der Waals surface area contributed by atoms with Crippen LogP contribution in [-0.2, 0) is 28.5 Å². The summed E-state index contributed by atoms with van der Waals surface area (Å²) in [6.07, 6.45) is -14.0.